The summed E-state index contributed by atoms with van der Waals surface area (Å²) >= 11 is 0. The number of allylic oxidation sites excluding steroid dienone is 1. The number of hydrogen-bond donors (Lipinski definition) is 0. The van der Waals surface area contributed by atoms with Gasteiger partial charge in [0.1, 0.15) is 6.61 Å². The molecule has 0 spiro atoms. The number of carbonyl (C=O) groups is 1. The van der Waals surface area contributed by atoms with E-state index in [9.17, 15) is 4.79 Å². The smallest absolute Gasteiger partial charge is 0.397 e. The molecule has 1 amide bonds. The molecule has 0 saturated carbocycles. The molecule has 0 aliphatic heterocycles. The molecule has 12 heavy (non-hydrogen) atoms. The maximum Gasteiger partial charge on any atom is 0.397 e. The Hall–Kier alpha value is -1.48. The highest BCUT2D eigenvalue weighted by Crippen LogP contribution is 1.90. The van der Waals surface area contributed by atoms with Crippen molar-refractivity contribution in [2.45, 2.75) is 19.8 Å². The van der Waals surface area contributed by atoms with Crippen molar-refractivity contribution in [2.24, 2.45) is 5.11 Å². The van der Waals surface area contributed by atoms with Crippen LogP contribution in [0.2, 0.25) is 0 Å². The van der Waals surface area contributed by atoms with Crippen LogP contribution in [0.5, 0.6) is 0 Å². The summed E-state index contributed by atoms with van der Waals surface area (Å²) in [7, 11) is 0. The first-order valence-corrected chi connectivity index (χ1v) is 3.68. The first-order valence-electron chi connectivity index (χ1n) is 3.68. The Kier molecular flexibility index (Phi) is 6.68. The van der Waals surface area contributed by atoms with Crippen LogP contribution in [0.4, 0.5) is 4.79 Å². The normalized spacial score (nSPS) is 9.42. The van der Waals surface area contributed by atoms with Gasteiger partial charge in [0, 0.05) is 10.0 Å². The van der Waals surface area contributed by atoms with Gasteiger partial charge in [-0.25, -0.2) is 4.79 Å². The van der Waals surface area contributed by atoms with E-state index in [4.69, 9.17) is 5.53 Å². The SMILES string of the molecule is CCC/C=C/COC(=O)N=[N+]=[N-]. The van der Waals surface area contributed by atoms with Crippen LogP contribution in [0.1, 0.15) is 19.8 Å². The van der Waals surface area contributed by atoms with E-state index in [1.54, 1.807) is 6.08 Å². The standard InChI is InChI=1S/C7H11N3O2/c1-2-3-4-5-6-12-7(11)9-10-8/h4-5H,2-3,6H2,1H3/b5-4+. The van der Waals surface area contributed by atoms with Crippen molar-refractivity contribution in [3.8, 4) is 0 Å². The van der Waals surface area contributed by atoms with E-state index in [0.29, 0.717) is 0 Å². The highest BCUT2D eigenvalue weighted by Gasteiger charge is 1.92. The fraction of sp³-hybridized carbons (Fsp3) is 0.571. The molecule has 0 aromatic heterocycles. The number of amides is 1. The summed E-state index contributed by atoms with van der Waals surface area (Å²) in [4.78, 5) is 12.7. The molecule has 0 aromatic carbocycles. The molecule has 0 aliphatic rings. The van der Waals surface area contributed by atoms with Gasteiger partial charge in [-0.05, 0) is 12.0 Å². The van der Waals surface area contributed by atoms with E-state index >= 15 is 0 Å². The lowest BCUT2D eigenvalue weighted by molar-refractivity contribution is 0.169. The third-order valence-corrected chi connectivity index (χ3v) is 1.05. The Labute approximate surface area is 70.6 Å². The van der Waals surface area contributed by atoms with Crippen molar-refractivity contribution in [1.82, 2.24) is 0 Å². The predicted octanol–water partition coefficient (Wildman–Crippen LogP) is 2.79. The second-order valence-corrected chi connectivity index (χ2v) is 2.03. The summed E-state index contributed by atoms with van der Waals surface area (Å²) in [5.74, 6) is 0. The number of ether oxygens (including phenoxy) is 1. The third kappa shape index (κ3) is 6.64. The summed E-state index contributed by atoms with van der Waals surface area (Å²) in [6, 6.07) is 0. The van der Waals surface area contributed by atoms with Gasteiger partial charge in [-0.2, -0.15) is 0 Å². The molecule has 0 radical (unpaired) electrons. The Morgan fingerprint density at radius 3 is 3.00 bits per heavy atom. The van der Waals surface area contributed by atoms with Gasteiger partial charge in [-0.3, -0.25) is 0 Å². The van der Waals surface area contributed by atoms with Crippen LogP contribution >= 0.6 is 0 Å². The number of rotatable bonds is 4. The van der Waals surface area contributed by atoms with Gasteiger partial charge < -0.3 is 4.74 Å². The van der Waals surface area contributed by atoms with Crippen molar-refractivity contribution >= 4 is 6.09 Å². The molecule has 0 bridgehead atoms. The number of unbranched alkanes of at least 4 members (excludes halogenated alkanes) is 1. The Bertz CT molecular complexity index is 207. The molecular weight excluding hydrogens is 158 g/mol. The maximum absolute atomic E-state index is 10.4. The van der Waals surface area contributed by atoms with Crippen LogP contribution in [-0.4, -0.2) is 12.7 Å². The Balaban J connectivity index is 3.42. The summed E-state index contributed by atoms with van der Waals surface area (Å²) in [6.07, 6.45) is 4.75. The lowest BCUT2D eigenvalue weighted by Crippen LogP contribution is -1.96. The van der Waals surface area contributed by atoms with Crippen LogP contribution in [0.25, 0.3) is 10.4 Å². The minimum atomic E-state index is -0.890. The minimum absolute atomic E-state index is 0.165. The topological polar surface area (TPSA) is 75.1 Å². The van der Waals surface area contributed by atoms with Gasteiger partial charge in [0.15, 0.2) is 0 Å². The summed E-state index contributed by atoms with van der Waals surface area (Å²) in [6.45, 7) is 2.22. The van der Waals surface area contributed by atoms with Crippen LogP contribution in [-0.2, 0) is 4.74 Å². The molecule has 0 aliphatic carbocycles. The monoisotopic (exact) mass is 169 g/mol. The fourth-order valence-corrected chi connectivity index (χ4v) is 0.537. The van der Waals surface area contributed by atoms with Gasteiger partial charge in [0.2, 0.25) is 0 Å². The quantitative estimate of drug-likeness (QED) is 0.281. The van der Waals surface area contributed by atoms with Crippen LogP contribution in [0.15, 0.2) is 17.3 Å². The van der Waals surface area contributed by atoms with Crippen LogP contribution in [0, 0.1) is 0 Å². The van der Waals surface area contributed by atoms with Gasteiger partial charge in [0.25, 0.3) is 0 Å². The summed E-state index contributed by atoms with van der Waals surface area (Å²) < 4.78 is 4.48. The zero-order chi connectivity index (χ0) is 9.23. The van der Waals surface area contributed by atoms with Crippen LogP contribution < -0.4 is 0 Å². The second kappa shape index (κ2) is 7.63. The van der Waals surface area contributed by atoms with E-state index in [0.717, 1.165) is 12.8 Å². The molecule has 0 rings (SSSR count). The van der Waals surface area contributed by atoms with E-state index < -0.39 is 6.09 Å². The molecular formula is C7H11N3O2. The largest absolute Gasteiger partial charge is 0.457 e. The van der Waals surface area contributed by atoms with E-state index in [1.165, 1.54) is 0 Å². The van der Waals surface area contributed by atoms with Crippen molar-refractivity contribution in [2.75, 3.05) is 6.61 Å². The number of hydrogen-bond acceptors (Lipinski definition) is 2. The molecule has 0 unspecified atom stereocenters. The average molecular weight is 169 g/mol. The van der Waals surface area contributed by atoms with E-state index in [-0.39, 0.29) is 6.61 Å². The van der Waals surface area contributed by atoms with Crippen LogP contribution in [0.3, 0.4) is 0 Å². The zero-order valence-corrected chi connectivity index (χ0v) is 6.93. The van der Waals surface area contributed by atoms with E-state index in [2.05, 4.69) is 21.7 Å². The third-order valence-electron chi connectivity index (χ3n) is 1.05. The Morgan fingerprint density at radius 1 is 1.67 bits per heavy atom. The molecule has 5 heteroatoms. The van der Waals surface area contributed by atoms with Crippen molar-refractivity contribution in [1.29, 1.82) is 0 Å². The molecule has 0 saturated heterocycles. The highest BCUT2D eigenvalue weighted by atomic mass is 16.5. The van der Waals surface area contributed by atoms with E-state index in [1.807, 2.05) is 6.08 Å². The van der Waals surface area contributed by atoms with Gasteiger partial charge in [-0.1, -0.05) is 25.5 Å². The molecule has 0 fully saturated rings. The average Bonchev–Trinajstić information content (AvgIpc) is 2.05. The van der Waals surface area contributed by atoms with Crippen molar-refractivity contribution in [3.05, 3.63) is 22.6 Å². The van der Waals surface area contributed by atoms with Crippen molar-refractivity contribution < 1.29 is 9.53 Å². The highest BCUT2D eigenvalue weighted by molar-refractivity contribution is 5.68. The molecule has 0 heterocycles. The van der Waals surface area contributed by atoms with Gasteiger partial charge >= 0.3 is 6.09 Å². The lowest BCUT2D eigenvalue weighted by atomic mass is 10.3. The van der Waals surface area contributed by atoms with Gasteiger partial charge in [0.05, 0.1) is 0 Å². The molecule has 5 nitrogen and oxygen atoms in total. The molecule has 0 N–H and O–H groups in total. The Morgan fingerprint density at radius 2 is 2.42 bits per heavy atom. The fourth-order valence-electron chi connectivity index (χ4n) is 0.537. The lowest BCUT2D eigenvalue weighted by Gasteiger charge is -1.93. The number of azide groups is 1. The molecule has 66 valence electrons. The minimum Gasteiger partial charge on any atom is -0.457 e. The maximum atomic E-state index is 10.4. The molecule has 0 atom stereocenters. The zero-order valence-electron chi connectivity index (χ0n) is 6.93. The summed E-state index contributed by atoms with van der Waals surface area (Å²) in [5.41, 5.74) is 7.82. The number of nitrogens with zero attached hydrogens (tertiary/aromatic N) is 3. The predicted molar refractivity (Wildman–Crippen MR) is 44.5 cm³/mol. The van der Waals surface area contributed by atoms with Gasteiger partial charge in [-0.15, -0.1) is 0 Å². The summed E-state index contributed by atoms with van der Waals surface area (Å²) in [5, 5.41) is 2.73. The van der Waals surface area contributed by atoms with Crippen molar-refractivity contribution in [3.63, 3.8) is 0 Å². The first-order chi connectivity index (χ1) is 5.81. The number of carbonyl (C=O) groups excluding carboxylic acids is 1. The molecule has 0 aromatic rings. The first kappa shape index (κ1) is 10.5. The second-order valence-electron chi connectivity index (χ2n) is 2.03.